The van der Waals surface area contributed by atoms with Crippen molar-refractivity contribution in [3.8, 4) is 17.0 Å². The van der Waals surface area contributed by atoms with Gasteiger partial charge in [0.15, 0.2) is 6.61 Å². The Hall–Kier alpha value is -3.46. The molecular formula is C24H22ClF3N2O4. The SMILES string of the molecule is CC(C)(C)OC(=O)n1cccc1-c1cccc(OCC(=O)Nc2ccc(Cl)c(C(F)(F)F)c2)c1. The van der Waals surface area contributed by atoms with Gasteiger partial charge in [0, 0.05) is 17.4 Å². The first-order valence-electron chi connectivity index (χ1n) is 10.1. The average Bonchev–Trinajstić information content (AvgIpc) is 3.22. The second-order valence-electron chi connectivity index (χ2n) is 8.30. The molecule has 1 amide bonds. The third-order valence-electron chi connectivity index (χ3n) is 4.39. The van der Waals surface area contributed by atoms with Gasteiger partial charge in [-0.05, 0) is 63.2 Å². The van der Waals surface area contributed by atoms with E-state index in [2.05, 4.69) is 5.32 Å². The number of nitrogens with zero attached hydrogens (tertiary/aromatic N) is 1. The third kappa shape index (κ3) is 6.54. The molecule has 3 aromatic rings. The summed E-state index contributed by atoms with van der Waals surface area (Å²) in [6.07, 6.45) is -3.61. The summed E-state index contributed by atoms with van der Waals surface area (Å²) in [5, 5.41) is 1.89. The Morgan fingerprint density at radius 3 is 2.44 bits per heavy atom. The van der Waals surface area contributed by atoms with E-state index in [0.29, 0.717) is 17.0 Å². The Labute approximate surface area is 199 Å². The number of halogens is 4. The average molecular weight is 495 g/mol. The highest BCUT2D eigenvalue weighted by Gasteiger charge is 2.33. The van der Waals surface area contributed by atoms with Crippen molar-refractivity contribution in [2.24, 2.45) is 0 Å². The van der Waals surface area contributed by atoms with E-state index in [4.69, 9.17) is 21.1 Å². The molecule has 0 aliphatic heterocycles. The number of alkyl halides is 3. The van der Waals surface area contributed by atoms with Crippen LogP contribution in [0.5, 0.6) is 5.75 Å². The first-order valence-corrected chi connectivity index (χ1v) is 10.5. The van der Waals surface area contributed by atoms with Crippen LogP contribution in [0.2, 0.25) is 5.02 Å². The van der Waals surface area contributed by atoms with Gasteiger partial charge in [-0.25, -0.2) is 4.79 Å². The lowest BCUT2D eigenvalue weighted by atomic mass is 10.1. The number of amides is 1. The van der Waals surface area contributed by atoms with Crippen molar-refractivity contribution in [2.75, 3.05) is 11.9 Å². The van der Waals surface area contributed by atoms with Gasteiger partial charge in [0.2, 0.25) is 0 Å². The molecule has 3 rings (SSSR count). The number of nitrogens with one attached hydrogen (secondary N) is 1. The lowest BCUT2D eigenvalue weighted by Gasteiger charge is -2.20. The van der Waals surface area contributed by atoms with Crippen molar-refractivity contribution < 1.29 is 32.2 Å². The van der Waals surface area contributed by atoms with Crippen molar-refractivity contribution in [1.29, 1.82) is 0 Å². The molecule has 0 spiro atoms. The highest BCUT2D eigenvalue weighted by atomic mass is 35.5. The maximum atomic E-state index is 13.0. The van der Waals surface area contributed by atoms with Crippen molar-refractivity contribution in [3.05, 3.63) is 71.4 Å². The number of ether oxygens (including phenoxy) is 2. The molecular weight excluding hydrogens is 473 g/mol. The lowest BCUT2D eigenvalue weighted by molar-refractivity contribution is -0.137. The smallest absolute Gasteiger partial charge is 0.418 e. The van der Waals surface area contributed by atoms with Gasteiger partial charge in [0.1, 0.15) is 11.4 Å². The molecule has 1 heterocycles. The Kier molecular flexibility index (Phi) is 7.26. The van der Waals surface area contributed by atoms with Crippen LogP contribution in [0.25, 0.3) is 11.3 Å². The van der Waals surface area contributed by atoms with Crippen molar-refractivity contribution in [1.82, 2.24) is 4.57 Å². The third-order valence-corrected chi connectivity index (χ3v) is 4.72. The van der Waals surface area contributed by atoms with Gasteiger partial charge in [-0.1, -0.05) is 23.7 Å². The van der Waals surface area contributed by atoms with Gasteiger partial charge in [-0.15, -0.1) is 0 Å². The van der Waals surface area contributed by atoms with Gasteiger partial charge in [-0.2, -0.15) is 13.2 Å². The number of rotatable bonds is 5. The van der Waals surface area contributed by atoms with Crippen LogP contribution in [0.4, 0.5) is 23.7 Å². The Morgan fingerprint density at radius 2 is 1.76 bits per heavy atom. The van der Waals surface area contributed by atoms with E-state index in [1.807, 2.05) is 0 Å². The summed E-state index contributed by atoms with van der Waals surface area (Å²) in [6.45, 7) is 4.85. The van der Waals surface area contributed by atoms with E-state index in [0.717, 1.165) is 12.1 Å². The number of carbonyl (C=O) groups excluding carboxylic acids is 2. The highest BCUT2D eigenvalue weighted by molar-refractivity contribution is 6.31. The molecule has 34 heavy (non-hydrogen) atoms. The number of hydrogen-bond acceptors (Lipinski definition) is 4. The van der Waals surface area contributed by atoms with Gasteiger partial charge >= 0.3 is 12.3 Å². The molecule has 0 radical (unpaired) electrons. The minimum atomic E-state index is -4.65. The Morgan fingerprint density at radius 1 is 1.03 bits per heavy atom. The molecule has 0 unspecified atom stereocenters. The normalized spacial score (nSPS) is 11.7. The largest absolute Gasteiger partial charge is 0.484 e. The fraction of sp³-hybridized carbons (Fsp3) is 0.250. The Balaban J connectivity index is 1.68. The van der Waals surface area contributed by atoms with Gasteiger partial charge in [-0.3, -0.25) is 9.36 Å². The predicted molar refractivity (Wildman–Crippen MR) is 122 cm³/mol. The zero-order chi connectivity index (χ0) is 25.1. The van der Waals surface area contributed by atoms with Crippen molar-refractivity contribution in [3.63, 3.8) is 0 Å². The van der Waals surface area contributed by atoms with Crippen LogP contribution in [-0.4, -0.2) is 28.8 Å². The molecule has 0 saturated carbocycles. The van der Waals surface area contributed by atoms with Gasteiger partial charge < -0.3 is 14.8 Å². The van der Waals surface area contributed by atoms with E-state index >= 15 is 0 Å². The summed E-state index contributed by atoms with van der Waals surface area (Å²) in [5.41, 5.74) is -0.573. The van der Waals surface area contributed by atoms with E-state index < -0.39 is 41.0 Å². The molecule has 180 valence electrons. The summed E-state index contributed by atoms with van der Waals surface area (Å²) in [6, 6.07) is 13.2. The summed E-state index contributed by atoms with van der Waals surface area (Å²) >= 11 is 5.59. The molecule has 0 atom stereocenters. The lowest BCUT2D eigenvalue weighted by Crippen LogP contribution is -2.27. The zero-order valence-electron chi connectivity index (χ0n) is 18.6. The highest BCUT2D eigenvalue weighted by Crippen LogP contribution is 2.36. The van der Waals surface area contributed by atoms with Gasteiger partial charge in [0.25, 0.3) is 5.91 Å². The fourth-order valence-electron chi connectivity index (χ4n) is 3.00. The van der Waals surface area contributed by atoms with Crippen LogP contribution in [-0.2, 0) is 15.7 Å². The summed E-state index contributed by atoms with van der Waals surface area (Å²) in [5.74, 6) is -0.324. The Bertz CT molecular complexity index is 1200. The first-order chi connectivity index (χ1) is 15.8. The standard InChI is InChI=1S/C24H22ClF3N2O4/c1-23(2,3)34-22(32)30-11-5-8-20(30)15-6-4-7-17(12-15)33-14-21(31)29-16-9-10-19(25)18(13-16)24(26,27)28/h4-13H,14H2,1-3H3,(H,29,31). The number of carbonyl (C=O) groups is 2. The van der Waals surface area contributed by atoms with Crippen LogP contribution in [0, 0.1) is 0 Å². The molecule has 0 saturated heterocycles. The monoisotopic (exact) mass is 494 g/mol. The maximum Gasteiger partial charge on any atom is 0.418 e. The van der Waals surface area contributed by atoms with E-state index in [9.17, 15) is 22.8 Å². The van der Waals surface area contributed by atoms with Crippen LogP contribution >= 0.6 is 11.6 Å². The first kappa shape index (κ1) is 25.2. The van der Waals surface area contributed by atoms with E-state index in [-0.39, 0.29) is 5.69 Å². The maximum absolute atomic E-state index is 13.0. The number of hydrogen-bond donors (Lipinski definition) is 1. The molecule has 2 aromatic carbocycles. The van der Waals surface area contributed by atoms with E-state index in [1.54, 1.807) is 63.4 Å². The van der Waals surface area contributed by atoms with Crippen LogP contribution in [0.1, 0.15) is 26.3 Å². The molecule has 10 heteroatoms. The van der Waals surface area contributed by atoms with Crippen LogP contribution < -0.4 is 10.1 Å². The molecule has 0 bridgehead atoms. The summed E-state index contributed by atoms with van der Waals surface area (Å²) in [7, 11) is 0. The molecule has 1 aromatic heterocycles. The number of aromatic nitrogens is 1. The number of anilines is 1. The second kappa shape index (κ2) is 9.80. The second-order valence-corrected chi connectivity index (χ2v) is 8.71. The zero-order valence-corrected chi connectivity index (χ0v) is 19.3. The molecule has 6 nitrogen and oxygen atoms in total. The van der Waals surface area contributed by atoms with Crippen LogP contribution in [0.3, 0.4) is 0 Å². The summed E-state index contributed by atoms with van der Waals surface area (Å²) in [4.78, 5) is 24.7. The van der Waals surface area contributed by atoms with Gasteiger partial charge in [0.05, 0.1) is 16.3 Å². The quantitative estimate of drug-likeness (QED) is 0.432. The van der Waals surface area contributed by atoms with Crippen molar-refractivity contribution in [2.45, 2.75) is 32.5 Å². The fourth-order valence-corrected chi connectivity index (χ4v) is 3.22. The molecule has 0 aliphatic rings. The van der Waals surface area contributed by atoms with E-state index in [1.165, 1.54) is 10.6 Å². The number of benzene rings is 2. The summed E-state index contributed by atoms with van der Waals surface area (Å²) < 4.78 is 51.2. The molecule has 0 fully saturated rings. The molecule has 0 aliphatic carbocycles. The minimum Gasteiger partial charge on any atom is -0.484 e. The topological polar surface area (TPSA) is 69.6 Å². The minimum absolute atomic E-state index is 0.0609. The predicted octanol–water partition coefficient (Wildman–Crippen LogP) is 6.63. The van der Waals surface area contributed by atoms with Crippen molar-refractivity contribution >= 4 is 29.3 Å². The molecule has 1 N–H and O–H groups in total. The van der Waals surface area contributed by atoms with Crippen LogP contribution in [0.15, 0.2) is 60.8 Å².